The molecule has 3 heteroatoms. The van der Waals surface area contributed by atoms with Crippen molar-refractivity contribution in [3.05, 3.63) is 102 Å². The lowest BCUT2D eigenvalue weighted by atomic mass is 10.1. The predicted molar refractivity (Wildman–Crippen MR) is 104 cm³/mol. The number of aryl methyl sites for hydroxylation is 1. The van der Waals surface area contributed by atoms with Crippen molar-refractivity contribution in [2.75, 3.05) is 6.61 Å². The average molecular weight is 345 g/mol. The molecule has 0 aromatic heterocycles. The minimum atomic E-state index is -0.0294. The van der Waals surface area contributed by atoms with Crippen LogP contribution in [0, 0.1) is 6.92 Å². The highest BCUT2D eigenvalue weighted by molar-refractivity contribution is 5.77. The van der Waals surface area contributed by atoms with Gasteiger partial charge in [-0.1, -0.05) is 78.4 Å². The lowest BCUT2D eigenvalue weighted by Crippen LogP contribution is -2.34. The van der Waals surface area contributed by atoms with Crippen molar-refractivity contribution in [1.29, 1.82) is 0 Å². The van der Waals surface area contributed by atoms with E-state index in [1.807, 2.05) is 96.8 Å². The second-order valence-corrected chi connectivity index (χ2v) is 6.32. The molecule has 3 nitrogen and oxygen atoms in total. The predicted octanol–water partition coefficient (Wildman–Crippen LogP) is 4.60. The molecule has 0 fully saturated rings. The van der Waals surface area contributed by atoms with Crippen LogP contribution in [-0.4, -0.2) is 17.4 Å². The molecule has 1 amide bonds. The standard InChI is InChI=1S/C23H23NO2/c1-19-12-14-22(15-13-19)26-18-23(25)24(16-20-8-4-2-5-9-20)17-21-10-6-3-7-11-21/h2-15H,16-18H2,1H3. The van der Waals surface area contributed by atoms with Crippen LogP contribution in [-0.2, 0) is 17.9 Å². The Kier molecular flexibility index (Phi) is 6.05. The Morgan fingerprint density at radius 3 is 1.77 bits per heavy atom. The second-order valence-electron chi connectivity index (χ2n) is 6.32. The SMILES string of the molecule is Cc1ccc(OCC(=O)N(Cc2ccccc2)Cc2ccccc2)cc1. The van der Waals surface area contributed by atoms with E-state index in [1.165, 1.54) is 5.56 Å². The Hall–Kier alpha value is -3.07. The largest absolute Gasteiger partial charge is 0.484 e. The Bertz CT molecular complexity index is 772. The zero-order chi connectivity index (χ0) is 18.2. The number of ether oxygens (including phenoxy) is 1. The van der Waals surface area contributed by atoms with Crippen molar-refractivity contribution >= 4 is 5.91 Å². The fraction of sp³-hybridized carbons (Fsp3) is 0.174. The summed E-state index contributed by atoms with van der Waals surface area (Å²) in [6.07, 6.45) is 0. The van der Waals surface area contributed by atoms with Crippen LogP contribution in [0.25, 0.3) is 0 Å². The molecule has 0 aliphatic rings. The van der Waals surface area contributed by atoms with Crippen LogP contribution < -0.4 is 4.74 Å². The highest BCUT2D eigenvalue weighted by atomic mass is 16.5. The van der Waals surface area contributed by atoms with Crippen molar-refractivity contribution in [3.8, 4) is 5.75 Å². The lowest BCUT2D eigenvalue weighted by Gasteiger charge is -2.23. The Labute approximate surface area is 154 Å². The molecule has 0 bridgehead atoms. The Morgan fingerprint density at radius 1 is 0.769 bits per heavy atom. The summed E-state index contributed by atoms with van der Waals surface area (Å²) < 4.78 is 5.69. The molecule has 0 atom stereocenters. The van der Waals surface area contributed by atoms with Crippen LogP contribution in [0.5, 0.6) is 5.75 Å². The fourth-order valence-corrected chi connectivity index (χ4v) is 2.71. The maximum atomic E-state index is 12.8. The Balaban J connectivity index is 1.68. The number of benzene rings is 3. The number of amides is 1. The highest BCUT2D eigenvalue weighted by Gasteiger charge is 2.15. The van der Waals surface area contributed by atoms with E-state index in [-0.39, 0.29) is 12.5 Å². The summed E-state index contributed by atoms with van der Waals surface area (Å²) >= 11 is 0. The molecule has 0 aliphatic carbocycles. The third kappa shape index (κ3) is 5.21. The third-order valence-corrected chi connectivity index (χ3v) is 4.17. The van der Waals surface area contributed by atoms with Gasteiger partial charge in [0.1, 0.15) is 5.75 Å². The van der Waals surface area contributed by atoms with Gasteiger partial charge in [0.05, 0.1) is 0 Å². The van der Waals surface area contributed by atoms with E-state index < -0.39 is 0 Å². The van der Waals surface area contributed by atoms with E-state index in [4.69, 9.17) is 4.74 Å². The first-order chi connectivity index (χ1) is 12.7. The van der Waals surface area contributed by atoms with Crippen LogP contribution in [0.4, 0.5) is 0 Å². The van der Waals surface area contributed by atoms with E-state index in [0.29, 0.717) is 18.8 Å². The number of carbonyl (C=O) groups excluding carboxylic acids is 1. The van der Waals surface area contributed by atoms with Gasteiger partial charge >= 0.3 is 0 Å². The quantitative estimate of drug-likeness (QED) is 0.626. The zero-order valence-corrected chi connectivity index (χ0v) is 15.0. The summed E-state index contributed by atoms with van der Waals surface area (Å²) in [7, 11) is 0. The van der Waals surface area contributed by atoms with Crippen molar-refractivity contribution in [3.63, 3.8) is 0 Å². The highest BCUT2D eigenvalue weighted by Crippen LogP contribution is 2.14. The maximum absolute atomic E-state index is 12.8. The van der Waals surface area contributed by atoms with E-state index in [9.17, 15) is 4.79 Å². The molecule has 0 aliphatic heterocycles. The van der Waals surface area contributed by atoms with E-state index in [2.05, 4.69) is 0 Å². The monoisotopic (exact) mass is 345 g/mol. The molecule has 3 aromatic carbocycles. The van der Waals surface area contributed by atoms with Crippen LogP contribution in [0.3, 0.4) is 0 Å². The van der Waals surface area contributed by atoms with Gasteiger partial charge in [0.25, 0.3) is 5.91 Å². The van der Waals surface area contributed by atoms with Gasteiger partial charge in [-0.2, -0.15) is 0 Å². The van der Waals surface area contributed by atoms with Crippen molar-refractivity contribution in [1.82, 2.24) is 4.90 Å². The molecule has 0 heterocycles. The fourth-order valence-electron chi connectivity index (χ4n) is 2.71. The summed E-state index contributed by atoms with van der Waals surface area (Å²) in [4.78, 5) is 14.6. The van der Waals surface area contributed by atoms with E-state index in [1.54, 1.807) is 0 Å². The molecule has 3 aromatic rings. The molecule has 132 valence electrons. The molecule has 3 rings (SSSR count). The number of rotatable bonds is 7. The minimum Gasteiger partial charge on any atom is -0.484 e. The lowest BCUT2D eigenvalue weighted by molar-refractivity contribution is -0.134. The molecule has 0 saturated carbocycles. The van der Waals surface area contributed by atoms with Gasteiger partial charge in [0, 0.05) is 13.1 Å². The van der Waals surface area contributed by atoms with Crippen molar-refractivity contribution in [2.24, 2.45) is 0 Å². The zero-order valence-electron chi connectivity index (χ0n) is 15.0. The van der Waals surface area contributed by atoms with Gasteiger partial charge in [-0.3, -0.25) is 4.79 Å². The number of carbonyl (C=O) groups is 1. The minimum absolute atomic E-state index is 0.0294. The van der Waals surface area contributed by atoms with Gasteiger partial charge in [0.2, 0.25) is 0 Å². The normalized spacial score (nSPS) is 10.3. The molecular weight excluding hydrogens is 322 g/mol. The van der Waals surface area contributed by atoms with Crippen LogP contribution in [0.2, 0.25) is 0 Å². The topological polar surface area (TPSA) is 29.5 Å². The first kappa shape index (κ1) is 17.7. The summed E-state index contributed by atoms with van der Waals surface area (Å²) in [5, 5.41) is 0. The number of nitrogens with zero attached hydrogens (tertiary/aromatic N) is 1. The number of hydrogen-bond donors (Lipinski definition) is 0. The van der Waals surface area contributed by atoms with Gasteiger partial charge < -0.3 is 9.64 Å². The van der Waals surface area contributed by atoms with Crippen molar-refractivity contribution in [2.45, 2.75) is 20.0 Å². The molecule has 0 unspecified atom stereocenters. The third-order valence-electron chi connectivity index (χ3n) is 4.17. The Morgan fingerprint density at radius 2 is 1.27 bits per heavy atom. The average Bonchev–Trinajstić information content (AvgIpc) is 2.68. The molecule has 0 spiro atoms. The van der Waals surface area contributed by atoms with Crippen LogP contribution in [0.1, 0.15) is 16.7 Å². The first-order valence-corrected chi connectivity index (χ1v) is 8.76. The molecule has 0 radical (unpaired) electrons. The first-order valence-electron chi connectivity index (χ1n) is 8.76. The summed E-state index contributed by atoms with van der Waals surface area (Å²) in [6.45, 7) is 3.18. The van der Waals surface area contributed by atoms with Gasteiger partial charge in [-0.05, 0) is 30.2 Å². The summed E-state index contributed by atoms with van der Waals surface area (Å²) in [5.74, 6) is 0.682. The molecular formula is C23H23NO2. The van der Waals surface area contributed by atoms with E-state index >= 15 is 0 Å². The summed E-state index contributed by atoms with van der Waals surface area (Å²) in [5.41, 5.74) is 3.37. The summed E-state index contributed by atoms with van der Waals surface area (Å²) in [6, 6.07) is 27.8. The van der Waals surface area contributed by atoms with Gasteiger partial charge in [-0.15, -0.1) is 0 Å². The smallest absolute Gasteiger partial charge is 0.261 e. The van der Waals surface area contributed by atoms with Crippen LogP contribution >= 0.6 is 0 Å². The number of hydrogen-bond acceptors (Lipinski definition) is 2. The van der Waals surface area contributed by atoms with Crippen molar-refractivity contribution < 1.29 is 9.53 Å². The molecule has 0 saturated heterocycles. The van der Waals surface area contributed by atoms with Gasteiger partial charge in [0.15, 0.2) is 6.61 Å². The second kappa shape index (κ2) is 8.86. The molecule has 0 N–H and O–H groups in total. The van der Waals surface area contributed by atoms with Gasteiger partial charge in [-0.25, -0.2) is 0 Å². The van der Waals surface area contributed by atoms with Crippen LogP contribution in [0.15, 0.2) is 84.9 Å². The van der Waals surface area contributed by atoms with E-state index in [0.717, 1.165) is 11.1 Å². The maximum Gasteiger partial charge on any atom is 0.261 e. The molecule has 26 heavy (non-hydrogen) atoms.